The molecule has 5 saturated heterocycles. The van der Waals surface area contributed by atoms with Crippen molar-refractivity contribution in [2.45, 2.75) is 148 Å². The Hall–Kier alpha value is -4.94. The predicted octanol–water partition coefficient (Wildman–Crippen LogP) is 15.9. The zero-order chi connectivity index (χ0) is 54.7. The lowest BCUT2D eigenvalue weighted by molar-refractivity contribution is 0.0386. The van der Waals surface area contributed by atoms with E-state index >= 15 is 0 Å². The third-order valence-electron chi connectivity index (χ3n) is 7.91. The normalized spacial score (nSPS) is 17.5. The van der Waals surface area contributed by atoms with Gasteiger partial charge in [0.05, 0.1) is 33.0 Å². The lowest BCUT2D eigenvalue weighted by Gasteiger charge is -2.01. The average Bonchev–Trinajstić information content (AvgIpc) is 4.23. The highest BCUT2D eigenvalue weighted by Gasteiger charge is 2.25. The molecular weight excluding hydrogens is 917 g/mol. The van der Waals surface area contributed by atoms with Crippen LogP contribution in [0.5, 0.6) is 23.0 Å². The van der Waals surface area contributed by atoms with Gasteiger partial charge < -0.3 is 47.4 Å². The Morgan fingerprint density at radius 2 is 0.521 bits per heavy atom. The summed E-state index contributed by atoms with van der Waals surface area (Å²) in [5.74, 6) is 5.34. The summed E-state index contributed by atoms with van der Waals surface area (Å²) >= 11 is 0. The monoisotopic (exact) mass is 1020 g/mol. The van der Waals surface area contributed by atoms with Gasteiger partial charge in [0.15, 0.2) is 6.29 Å². The molecule has 10 nitrogen and oxygen atoms in total. The molecule has 10 rings (SSSR count). The maximum atomic E-state index is 5.40. The average molecular weight is 1020 g/mol. The first-order valence-electron chi connectivity index (χ1n) is 27.2. The Labute approximate surface area is 445 Å². The second-order valence-electron chi connectivity index (χ2n) is 16.3. The van der Waals surface area contributed by atoms with Crippen LogP contribution in [-0.2, 0) is 35.0 Å². The van der Waals surface area contributed by atoms with E-state index in [2.05, 4.69) is 41.5 Å². The standard InChI is InChI=1S/5C9H10O2.2C4H10.5C2H6/c4*1-2-4-8(5-3-1)10-6-9-7-11-9;1-2-4-8(5-3-1)6-10-9-7-11-9;2*1-4(2)3;5*1-2/h5*1-5,9H,6-7H2;2*4H,1-3H3;5*1-2H3. The second-order valence-corrected chi connectivity index (χ2v) is 16.3. The first-order valence-corrected chi connectivity index (χ1v) is 27.2. The second kappa shape index (κ2) is 50.6. The minimum atomic E-state index is 0.0650. The number of hydrogen-bond donors (Lipinski definition) is 0. The van der Waals surface area contributed by atoms with Crippen LogP contribution in [-0.4, -0.2) is 90.2 Å². The summed E-state index contributed by atoms with van der Waals surface area (Å²) in [5.41, 5.74) is 1.20. The molecule has 5 aliphatic rings. The van der Waals surface area contributed by atoms with E-state index < -0.39 is 0 Å². The van der Waals surface area contributed by atoms with Crippen molar-refractivity contribution in [3.63, 3.8) is 0 Å². The maximum Gasteiger partial charge on any atom is 0.181 e. The van der Waals surface area contributed by atoms with E-state index in [1.807, 2.05) is 221 Å². The van der Waals surface area contributed by atoms with Gasteiger partial charge in [-0.1, -0.05) is 214 Å². The molecule has 5 aromatic carbocycles. The molecule has 10 heteroatoms. The van der Waals surface area contributed by atoms with Gasteiger partial charge in [0, 0.05) is 0 Å². The van der Waals surface area contributed by atoms with Crippen molar-refractivity contribution in [1.29, 1.82) is 0 Å². The van der Waals surface area contributed by atoms with Gasteiger partial charge in [0.2, 0.25) is 0 Å². The molecule has 73 heavy (non-hydrogen) atoms. The molecule has 0 saturated carbocycles. The summed E-state index contributed by atoms with van der Waals surface area (Å²) < 4.78 is 51.9. The van der Waals surface area contributed by atoms with E-state index in [1.165, 1.54) is 5.56 Å². The number of epoxide rings is 5. The fourth-order valence-corrected chi connectivity index (χ4v) is 4.38. The van der Waals surface area contributed by atoms with Crippen LogP contribution < -0.4 is 18.9 Å². The summed E-state index contributed by atoms with van der Waals surface area (Å²) in [6, 6.07) is 49.3. The van der Waals surface area contributed by atoms with E-state index in [9.17, 15) is 0 Å². The number of rotatable bonds is 15. The highest BCUT2D eigenvalue weighted by atomic mass is 16.8. The van der Waals surface area contributed by atoms with Crippen LogP contribution in [0.1, 0.15) is 116 Å². The summed E-state index contributed by atoms with van der Waals surface area (Å²) in [7, 11) is 0. The SMILES string of the molecule is CC.CC.CC.CC.CC.CC(C)C.CC(C)C.c1ccc(COC2CO2)cc1.c1ccc(OCC2CO2)cc1.c1ccc(OCC2CO2)cc1.c1ccc(OCC2CO2)cc1.c1ccc(OCC2CO2)cc1. The van der Waals surface area contributed by atoms with Crippen LogP contribution in [0.2, 0.25) is 0 Å². The zero-order valence-electron chi connectivity index (χ0n) is 48.1. The van der Waals surface area contributed by atoms with Crippen molar-refractivity contribution in [2.75, 3.05) is 59.5 Å². The van der Waals surface area contributed by atoms with Crippen LogP contribution in [0.3, 0.4) is 0 Å². The van der Waals surface area contributed by atoms with Crippen molar-refractivity contribution in [1.82, 2.24) is 0 Å². The molecule has 5 aliphatic heterocycles. The number of para-hydroxylation sites is 4. The molecule has 412 valence electrons. The van der Waals surface area contributed by atoms with Crippen LogP contribution in [0.4, 0.5) is 0 Å². The first-order chi connectivity index (χ1) is 35.7. The van der Waals surface area contributed by atoms with Gasteiger partial charge in [-0.25, -0.2) is 0 Å². The van der Waals surface area contributed by atoms with Crippen LogP contribution in [0.25, 0.3) is 0 Å². The van der Waals surface area contributed by atoms with Crippen molar-refractivity contribution < 1.29 is 47.4 Å². The molecule has 0 spiro atoms. The maximum absolute atomic E-state index is 5.40. The molecule has 0 radical (unpaired) electrons. The fourth-order valence-electron chi connectivity index (χ4n) is 4.38. The third-order valence-corrected chi connectivity index (χ3v) is 7.91. The van der Waals surface area contributed by atoms with E-state index in [0.717, 1.165) is 67.9 Å². The fraction of sp³-hybridized carbons (Fsp3) is 0.524. The first kappa shape index (κ1) is 70.1. The number of ether oxygens (including phenoxy) is 10. The topological polar surface area (TPSA) is 109 Å². The van der Waals surface area contributed by atoms with E-state index in [0.29, 0.717) is 57.5 Å². The van der Waals surface area contributed by atoms with E-state index in [4.69, 9.17) is 47.4 Å². The molecule has 5 unspecified atom stereocenters. The largest absolute Gasteiger partial charge is 0.491 e. The number of benzene rings is 5. The highest BCUT2D eigenvalue weighted by Crippen LogP contribution is 2.17. The van der Waals surface area contributed by atoms with Crippen molar-refractivity contribution in [3.8, 4) is 23.0 Å². The van der Waals surface area contributed by atoms with Gasteiger partial charge in [-0.05, 0) is 65.9 Å². The number of hydrogen-bond acceptors (Lipinski definition) is 10. The van der Waals surface area contributed by atoms with Crippen molar-refractivity contribution >= 4 is 0 Å². The molecule has 5 fully saturated rings. The van der Waals surface area contributed by atoms with Crippen molar-refractivity contribution in [2.24, 2.45) is 11.8 Å². The van der Waals surface area contributed by atoms with Gasteiger partial charge in [0.1, 0.15) is 80.4 Å². The lowest BCUT2D eigenvalue weighted by Crippen LogP contribution is -2.03. The van der Waals surface area contributed by atoms with Gasteiger partial charge in [-0.3, -0.25) is 0 Å². The van der Waals surface area contributed by atoms with Gasteiger partial charge in [-0.15, -0.1) is 0 Å². The van der Waals surface area contributed by atoms with Gasteiger partial charge in [0.25, 0.3) is 0 Å². The summed E-state index contributed by atoms with van der Waals surface area (Å²) in [6.07, 6.45) is 1.44. The third kappa shape index (κ3) is 50.4. The molecule has 0 aromatic heterocycles. The van der Waals surface area contributed by atoms with Crippen LogP contribution in [0, 0.1) is 11.8 Å². The van der Waals surface area contributed by atoms with E-state index in [1.54, 1.807) is 0 Å². The molecule has 5 aromatic rings. The Morgan fingerprint density at radius 1 is 0.329 bits per heavy atom. The van der Waals surface area contributed by atoms with Crippen LogP contribution >= 0.6 is 0 Å². The van der Waals surface area contributed by atoms with Gasteiger partial charge >= 0.3 is 0 Å². The smallest absolute Gasteiger partial charge is 0.181 e. The van der Waals surface area contributed by atoms with Gasteiger partial charge in [-0.2, -0.15) is 0 Å². The Balaban J connectivity index is 0. The highest BCUT2D eigenvalue weighted by molar-refractivity contribution is 5.23. The molecule has 0 amide bonds. The molecule has 5 atom stereocenters. The Bertz CT molecular complexity index is 1470. The van der Waals surface area contributed by atoms with Crippen molar-refractivity contribution in [3.05, 3.63) is 157 Å². The summed E-state index contributed by atoms with van der Waals surface area (Å²) in [4.78, 5) is 0. The zero-order valence-corrected chi connectivity index (χ0v) is 48.1. The molecule has 5 heterocycles. The minimum Gasteiger partial charge on any atom is -0.491 e. The predicted molar refractivity (Wildman–Crippen MR) is 305 cm³/mol. The molecule has 0 N–H and O–H groups in total. The molecular formula is C63H100O10. The Kier molecular flexibility index (Phi) is 48.6. The molecule has 0 aliphatic carbocycles. The Morgan fingerprint density at radius 3 is 0.699 bits per heavy atom. The molecule has 0 bridgehead atoms. The summed E-state index contributed by atoms with van der Waals surface area (Å²) in [5, 5.41) is 0. The van der Waals surface area contributed by atoms with E-state index in [-0.39, 0.29) is 6.29 Å². The van der Waals surface area contributed by atoms with Crippen LogP contribution in [0.15, 0.2) is 152 Å². The summed E-state index contributed by atoms with van der Waals surface area (Å²) in [6.45, 7) is 40.6. The minimum absolute atomic E-state index is 0.0650. The lowest BCUT2D eigenvalue weighted by atomic mass is 10.2. The quantitative estimate of drug-likeness (QED) is 0.0941.